The second-order valence-electron chi connectivity index (χ2n) is 5.37. The number of rotatable bonds is 5. The van der Waals surface area contributed by atoms with Crippen molar-refractivity contribution in [3.63, 3.8) is 0 Å². The summed E-state index contributed by atoms with van der Waals surface area (Å²) in [6.07, 6.45) is 0. The van der Waals surface area contributed by atoms with Crippen LogP contribution in [-0.2, 0) is 0 Å². The highest BCUT2D eigenvalue weighted by Gasteiger charge is 2.16. The Morgan fingerprint density at radius 2 is 1.62 bits per heavy atom. The fourth-order valence-corrected chi connectivity index (χ4v) is 5.09. The van der Waals surface area contributed by atoms with Crippen LogP contribution in [0, 0.1) is 6.92 Å². The molecular formula is C18H19Br3N2O. The molecule has 0 atom stereocenters. The Balaban J connectivity index is 2.34. The quantitative estimate of drug-likeness (QED) is 0.498. The van der Waals surface area contributed by atoms with Crippen molar-refractivity contribution in [3.05, 3.63) is 54.9 Å². The molecule has 0 unspecified atom stereocenters. The van der Waals surface area contributed by atoms with E-state index in [1.165, 1.54) is 0 Å². The standard InChI is InChI=1S/C18H19Br3N2O/c1-4-23(5-2)13-7-6-11(3)16(10-13)22-18(24)17-14(20)8-12(19)9-15(17)21/h6-10H,4-5H2,1-3H3,(H,22,24). The van der Waals surface area contributed by atoms with Gasteiger partial charge in [-0.2, -0.15) is 0 Å². The molecule has 0 spiro atoms. The van der Waals surface area contributed by atoms with Gasteiger partial charge in [0.25, 0.3) is 5.91 Å². The van der Waals surface area contributed by atoms with Gasteiger partial charge in [0.15, 0.2) is 0 Å². The average molecular weight is 519 g/mol. The van der Waals surface area contributed by atoms with E-state index >= 15 is 0 Å². The number of benzene rings is 2. The summed E-state index contributed by atoms with van der Waals surface area (Å²) in [6, 6.07) is 9.87. The number of hydrogen-bond acceptors (Lipinski definition) is 2. The predicted octanol–water partition coefficient (Wildman–Crippen LogP) is 6.38. The molecule has 0 fully saturated rings. The highest BCUT2D eigenvalue weighted by molar-refractivity contribution is 9.11. The van der Waals surface area contributed by atoms with E-state index in [4.69, 9.17) is 0 Å². The molecule has 3 nitrogen and oxygen atoms in total. The molecule has 0 aromatic heterocycles. The maximum absolute atomic E-state index is 12.7. The molecule has 2 rings (SSSR count). The number of carbonyl (C=O) groups excluding carboxylic acids is 1. The number of nitrogens with one attached hydrogen (secondary N) is 1. The topological polar surface area (TPSA) is 32.3 Å². The SMILES string of the molecule is CCN(CC)c1ccc(C)c(NC(=O)c2c(Br)cc(Br)cc2Br)c1. The summed E-state index contributed by atoms with van der Waals surface area (Å²) in [4.78, 5) is 15.0. The first-order valence-corrected chi connectivity index (χ1v) is 10.1. The van der Waals surface area contributed by atoms with Crippen LogP contribution in [0.3, 0.4) is 0 Å². The molecule has 128 valence electrons. The van der Waals surface area contributed by atoms with Crippen LogP contribution in [-0.4, -0.2) is 19.0 Å². The Morgan fingerprint density at radius 1 is 1.04 bits per heavy atom. The van der Waals surface area contributed by atoms with Crippen LogP contribution in [0.15, 0.2) is 43.7 Å². The Hall–Kier alpha value is -0.850. The second-order valence-corrected chi connectivity index (χ2v) is 7.99. The van der Waals surface area contributed by atoms with Crippen molar-refractivity contribution in [2.75, 3.05) is 23.3 Å². The van der Waals surface area contributed by atoms with Crippen LogP contribution in [0.1, 0.15) is 29.8 Å². The fourth-order valence-electron chi connectivity index (χ4n) is 2.47. The first-order chi connectivity index (χ1) is 11.4. The normalized spacial score (nSPS) is 10.6. The molecule has 0 radical (unpaired) electrons. The molecule has 6 heteroatoms. The van der Waals surface area contributed by atoms with Crippen LogP contribution < -0.4 is 10.2 Å². The largest absolute Gasteiger partial charge is 0.372 e. The van der Waals surface area contributed by atoms with E-state index in [1.807, 2.05) is 31.2 Å². The molecule has 0 aliphatic rings. The molecule has 0 bridgehead atoms. The number of hydrogen-bond donors (Lipinski definition) is 1. The Labute approximate surface area is 168 Å². The lowest BCUT2D eigenvalue weighted by molar-refractivity contribution is 0.102. The molecule has 0 saturated carbocycles. The molecule has 0 aliphatic heterocycles. The Kier molecular flexibility index (Phi) is 6.89. The van der Waals surface area contributed by atoms with E-state index in [-0.39, 0.29) is 5.91 Å². The van der Waals surface area contributed by atoms with Crippen molar-refractivity contribution in [1.82, 2.24) is 0 Å². The number of halogens is 3. The zero-order valence-corrected chi connectivity index (χ0v) is 18.5. The average Bonchev–Trinajstić information content (AvgIpc) is 2.50. The van der Waals surface area contributed by atoms with Crippen molar-refractivity contribution in [1.29, 1.82) is 0 Å². The van der Waals surface area contributed by atoms with E-state index in [9.17, 15) is 4.79 Å². The van der Waals surface area contributed by atoms with E-state index in [1.54, 1.807) is 0 Å². The molecular weight excluding hydrogens is 500 g/mol. The zero-order valence-electron chi connectivity index (χ0n) is 13.8. The number of nitrogens with zero attached hydrogens (tertiary/aromatic N) is 1. The summed E-state index contributed by atoms with van der Waals surface area (Å²) in [5.41, 5.74) is 3.54. The summed E-state index contributed by atoms with van der Waals surface area (Å²) in [5, 5.41) is 3.03. The lowest BCUT2D eigenvalue weighted by atomic mass is 10.1. The van der Waals surface area contributed by atoms with Crippen LogP contribution in [0.25, 0.3) is 0 Å². The van der Waals surface area contributed by atoms with Crippen molar-refractivity contribution in [2.24, 2.45) is 0 Å². The van der Waals surface area contributed by atoms with Crippen LogP contribution in [0.4, 0.5) is 11.4 Å². The molecule has 2 aromatic rings. The highest BCUT2D eigenvalue weighted by atomic mass is 79.9. The van der Waals surface area contributed by atoms with Gasteiger partial charge in [-0.3, -0.25) is 4.79 Å². The predicted molar refractivity (Wildman–Crippen MR) is 112 cm³/mol. The maximum Gasteiger partial charge on any atom is 0.257 e. The first kappa shape index (κ1) is 19.5. The number of aryl methyl sites for hydroxylation is 1. The highest BCUT2D eigenvalue weighted by Crippen LogP contribution is 2.31. The van der Waals surface area contributed by atoms with Gasteiger partial charge >= 0.3 is 0 Å². The minimum absolute atomic E-state index is 0.152. The number of amides is 1. The van der Waals surface area contributed by atoms with Gasteiger partial charge in [0, 0.05) is 37.9 Å². The summed E-state index contributed by atoms with van der Waals surface area (Å²) < 4.78 is 2.37. The minimum atomic E-state index is -0.152. The third-order valence-corrected chi connectivity index (χ3v) is 5.54. The smallest absolute Gasteiger partial charge is 0.257 e. The van der Waals surface area contributed by atoms with Gasteiger partial charge in [0.1, 0.15) is 0 Å². The molecule has 24 heavy (non-hydrogen) atoms. The summed E-state index contributed by atoms with van der Waals surface area (Å²) in [7, 11) is 0. The third-order valence-electron chi connectivity index (χ3n) is 3.83. The van der Waals surface area contributed by atoms with Crippen molar-refractivity contribution >= 4 is 65.1 Å². The molecule has 1 N–H and O–H groups in total. The van der Waals surface area contributed by atoms with Crippen LogP contribution in [0.2, 0.25) is 0 Å². The number of carbonyl (C=O) groups is 1. The molecule has 2 aromatic carbocycles. The van der Waals surface area contributed by atoms with E-state index in [0.29, 0.717) is 5.56 Å². The molecule has 1 amide bonds. The van der Waals surface area contributed by atoms with Crippen molar-refractivity contribution in [3.8, 4) is 0 Å². The van der Waals surface area contributed by atoms with Gasteiger partial charge in [0.05, 0.1) is 5.56 Å². The fraction of sp³-hybridized carbons (Fsp3) is 0.278. The second kappa shape index (κ2) is 8.50. The first-order valence-electron chi connectivity index (χ1n) is 7.68. The summed E-state index contributed by atoms with van der Waals surface area (Å²) in [6.45, 7) is 8.09. The Bertz CT molecular complexity index is 735. The zero-order chi connectivity index (χ0) is 17.9. The van der Waals surface area contributed by atoms with Gasteiger partial charge in [-0.25, -0.2) is 0 Å². The summed E-state index contributed by atoms with van der Waals surface area (Å²) in [5.74, 6) is -0.152. The van der Waals surface area contributed by atoms with E-state index < -0.39 is 0 Å². The van der Waals surface area contributed by atoms with E-state index in [0.717, 1.165) is 43.4 Å². The minimum Gasteiger partial charge on any atom is -0.372 e. The summed E-state index contributed by atoms with van der Waals surface area (Å²) >= 11 is 10.3. The van der Waals surface area contributed by atoms with Crippen molar-refractivity contribution < 1.29 is 4.79 Å². The van der Waals surface area contributed by atoms with Crippen LogP contribution in [0.5, 0.6) is 0 Å². The van der Waals surface area contributed by atoms with Crippen LogP contribution >= 0.6 is 47.8 Å². The third kappa shape index (κ3) is 4.41. The van der Waals surface area contributed by atoms with Gasteiger partial charge in [-0.15, -0.1) is 0 Å². The monoisotopic (exact) mass is 516 g/mol. The molecule has 0 saturated heterocycles. The van der Waals surface area contributed by atoms with E-state index in [2.05, 4.69) is 77.9 Å². The van der Waals surface area contributed by atoms with Gasteiger partial charge in [-0.1, -0.05) is 22.0 Å². The van der Waals surface area contributed by atoms with Gasteiger partial charge in [0.2, 0.25) is 0 Å². The van der Waals surface area contributed by atoms with Gasteiger partial charge in [-0.05, 0) is 82.5 Å². The maximum atomic E-state index is 12.7. The van der Waals surface area contributed by atoms with Crippen molar-refractivity contribution in [2.45, 2.75) is 20.8 Å². The molecule has 0 heterocycles. The van der Waals surface area contributed by atoms with Gasteiger partial charge < -0.3 is 10.2 Å². The lowest BCUT2D eigenvalue weighted by Gasteiger charge is -2.22. The lowest BCUT2D eigenvalue weighted by Crippen LogP contribution is -2.22. The number of anilines is 2. The molecule has 0 aliphatic carbocycles. The Morgan fingerprint density at radius 3 is 2.17 bits per heavy atom.